The van der Waals surface area contributed by atoms with Gasteiger partial charge in [-0.25, -0.2) is 15.0 Å². The molecule has 6 atom stereocenters. The largest absolute Gasteiger partial charge is 0.387 e. The van der Waals surface area contributed by atoms with Crippen molar-refractivity contribution in [3.63, 3.8) is 0 Å². The van der Waals surface area contributed by atoms with Gasteiger partial charge in [-0.3, -0.25) is 13.5 Å². The monoisotopic (exact) mass is 456 g/mol. The minimum absolute atomic E-state index is 0.0519. The van der Waals surface area contributed by atoms with Crippen molar-refractivity contribution in [3.05, 3.63) is 18.3 Å². The number of carbonyl (C=O) groups excluding carboxylic acids is 1. The molecule has 2 aromatic heterocycles. The lowest BCUT2D eigenvalue weighted by Crippen LogP contribution is -2.35. The third kappa shape index (κ3) is 4.93. The second-order valence-electron chi connectivity index (χ2n) is 7.96. The van der Waals surface area contributed by atoms with Crippen LogP contribution in [0.15, 0.2) is 12.7 Å². The topological polar surface area (TPSA) is 154 Å². The summed E-state index contributed by atoms with van der Waals surface area (Å²) in [6.45, 7) is 6.72. The molecule has 3 rings (SSSR count). The summed E-state index contributed by atoms with van der Waals surface area (Å²) in [4.78, 5) is 24.6. The van der Waals surface area contributed by atoms with Gasteiger partial charge in [-0.15, -0.1) is 0 Å². The van der Waals surface area contributed by atoms with Crippen molar-refractivity contribution in [2.75, 3.05) is 12.4 Å². The van der Waals surface area contributed by atoms with E-state index in [0.717, 1.165) is 6.42 Å². The Balaban J connectivity index is 1.66. The van der Waals surface area contributed by atoms with Gasteiger partial charge in [0.05, 0.1) is 18.6 Å². The second kappa shape index (κ2) is 9.25. The van der Waals surface area contributed by atoms with Crippen LogP contribution >= 0.6 is 0 Å². The van der Waals surface area contributed by atoms with Crippen molar-refractivity contribution in [1.82, 2.24) is 19.5 Å². The smallest absolute Gasteiger partial charge is 0.274 e. The molecule has 0 aromatic carbocycles. The zero-order valence-electron chi connectivity index (χ0n) is 17.9. The summed E-state index contributed by atoms with van der Waals surface area (Å²) >= 11 is 0. The summed E-state index contributed by atoms with van der Waals surface area (Å²) in [6.07, 6.45) is -1.44. The highest BCUT2D eigenvalue weighted by molar-refractivity contribution is 7.87. The first-order valence-corrected chi connectivity index (χ1v) is 11.7. The predicted octanol–water partition coefficient (Wildman–Crippen LogP) is 0.352. The van der Waals surface area contributed by atoms with Gasteiger partial charge in [0.25, 0.3) is 10.1 Å². The number of aliphatic hydroxyl groups is 2. The number of aromatic nitrogens is 4. The van der Waals surface area contributed by atoms with Gasteiger partial charge in [0.15, 0.2) is 17.7 Å². The van der Waals surface area contributed by atoms with Crippen molar-refractivity contribution in [2.45, 2.75) is 58.7 Å². The van der Waals surface area contributed by atoms with Crippen LogP contribution in [0, 0.1) is 18.8 Å². The first-order valence-electron chi connectivity index (χ1n) is 10.1. The summed E-state index contributed by atoms with van der Waals surface area (Å²) < 4.78 is 36.6. The molecule has 2 aromatic rings. The second-order valence-corrected chi connectivity index (χ2v) is 9.60. The van der Waals surface area contributed by atoms with Crippen LogP contribution in [0.5, 0.6) is 0 Å². The zero-order valence-corrected chi connectivity index (χ0v) is 18.7. The maximum absolute atomic E-state index is 12.2. The Morgan fingerprint density at radius 2 is 1.97 bits per heavy atom. The van der Waals surface area contributed by atoms with Crippen LogP contribution < -0.4 is 0 Å². The first-order chi connectivity index (χ1) is 14.6. The maximum Gasteiger partial charge on any atom is 0.274 e. The van der Waals surface area contributed by atoms with Crippen LogP contribution in [-0.4, -0.2) is 74.6 Å². The Labute approximate surface area is 180 Å². The summed E-state index contributed by atoms with van der Waals surface area (Å²) in [5.74, 6) is -1.55. The molecule has 11 nitrogen and oxygen atoms in total. The number of rotatable bonds is 9. The van der Waals surface area contributed by atoms with Crippen molar-refractivity contribution in [1.29, 1.82) is 0 Å². The summed E-state index contributed by atoms with van der Waals surface area (Å²) in [7, 11) is -4.17. The van der Waals surface area contributed by atoms with E-state index in [1.807, 2.05) is 13.8 Å². The Hall–Kier alpha value is -1.99. The summed E-state index contributed by atoms with van der Waals surface area (Å²) in [5, 5.41) is 20.8. The van der Waals surface area contributed by atoms with E-state index in [1.54, 1.807) is 13.8 Å². The molecule has 2 N–H and O–H groups in total. The number of nitrogens with zero attached hydrogens (tertiary/aromatic N) is 4. The van der Waals surface area contributed by atoms with E-state index in [2.05, 4.69) is 15.0 Å². The van der Waals surface area contributed by atoms with Gasteiger partial charge in [0, 0.05) is 5.92 Å². The number of Topliss-reactive ketones (excluding diaryl/α,β-unsaturated/α-hetero) is 1. The van der Waals surface area contributed by atoms with Gasteiger partial charge in [0.1, 0.15) is 35.9 Å². The quantitative estimate of drug-likeness (QED) is 0.505. The third-order valence-electron chi connectivity index (χ3n) is 5.89. The number of ketones is 1. The van der Waals surface area contributed by atoms with Crippen molar-refractivity contribution in [2.24, 2.45) is 11.8 Å². The average Bonchev–Trinajstić information content (AvgIpc) is 3.27. The van der Waals surface area contributed by atoms with Gasteiger partial charge >= 0.3 is 0 Å². The Morgan fingerprint density at radius 3 is 2.65 bits per heavy atom. The van der Waals surface area contributed by atoms with E-state index >= 15 is 0 Å². The predicted molar refractivity (Wildman–Crippen MR) is 109 cm³/mol. The summed E-state index contributed by atoms with van der Waals surface area (Å²) in [6, 6.07) is 0. The molecule has 1 saturated heterocycles. The van der Waals surface area contributed by atoms with Crippen LogP contribution in [0.4, 0.5) is 0 Å². The van der Waals surface area contributed by atoms with E-state index in [0.29, 0.717) is 16.9 Å². The average molecular weight is 457 g/mol. The molecular weight excluding hydrogens is 428 g/mol. The van der Waals surface area contributed by atoms with E-state index in [-0.39, 0.29) is 5.92 Å². The highest BCUT2D eigenvalue weighted by Crippen LogP contribution is 2.32. The lowest BCUT2D eigenvalue weighted by molar-refractivity contribution is -0.121. The molecule has 3 heterocycles. The molecule has 1 fully saturated rings. The highest BCUT2D eigenvalue weighted by Gasteiger charge is 2.45. The minimum atomic E-state index is -4.17. The molecule has 1 aliphatic rings. The molecule has 0 amide bonds. The van der Waals surface area contributed by atoms with Crippen LogP contribution in [-0.2, 0) is 23.8 Å². The third-order valence-corrected chi connectivity index (χ3v) is 7.02. The molecule has 1 aliphatic heterocycles. The lowest BCUT2D eigenvalue weighted by Gasteiger charge is -2.18. The van der Waals surface area contributed by atoms with Crippen LogP contribution in [0.2, 0.25) is 0 Å². The molecule has 0 aliphatic carbocycles. The number of hydrogen-bond acceptors (Lipinski definition) is 10. The molecule has 31 heavy (non-hydrogen) atoms. The normalized spacial score (nSPS) is 26.3. The SMILES string of the molecule is CC[C@H](C)[C@H](C)C(=O)CS(=O)(=O)OC[C@@H]1O[C@H](n2cnc3c(C)ncnc32)[C@H](O)[C@@H]1O. The Bertz CT molecular complexity index is 1040. The highest BCUT2D eigenvalue weighted by atomic mass is 32.2. The van der Waals surface area contributed by atoms with E-state index in [1.165, 1.54) is 17.2 Å². The fraction of sp³-hybridized carbons (Fsp3) is 0.684. The fourth-order valence-electron chi connectivity index (χ4n) is 3.44. The van der Waals surface area contributed by atoms with Crippen LogP contribution in [0.3, 0.4) is 0 Å². The molecule has 0 unspecified atom stereocenters. The molecule has 0 radical (unpaired) electrons. The van der Waals surface area contributed by atoms with E-state index < -0.39 is 58.7 Å². The maximum atomic E-state index is 12.2. The summed E-state index contributed by atoms with van der Waals surface area (Å²) in [5.41, 5.74) is 1.56. The number of fused-ring (bicyclic) bond motifs is 1. The number of aliphatic hydroxyl groups excluding tert-OH is 2. The number of ether oxygens (including phenoxy) is 1. The van der Waals surface area contributed by atoms with E-state index in [4.69, 9.17) is 8.92 Å². The number of imidazole rings is 1. The molecule has 0 spiro atoms. The van der Waals surface area contributed by atoms with Gasteiger partial charge in [0.2, 0.25) is 0 Å². The fourth-order valence-corrected chi connectivity index (χ4v) is 4.48. The number of carbonyl (C=O) groups is 1. The standard InChI is InChI=1S/C19H28N4O7S/c1-5-10(2)11(3)13(24)7-31(27,28)29-6-14-16(25)17(26)19(30-14)23-9-22-15-12(4)20-8-21-18(15)23/h8-11,14,16-17,19,25-26H,5-7H2,1-4H3/t10-,11-,14-,16+,17+,19-/m0/s1. The first kappa shape index (κ1) is 23.7. The number of hydrogen-bond donors (Lipinski definition) is 2. The van der Waals surface area contributed by atoms with Crippen molar-refractivity contribution >= 4 is 27.1 Å². The molecule has 0 saturated carbocycles. The molecule has 172 valence electrons. The zero-order chi connectivity index (χ0) is 22.9. The van der Waals surface area contributed by atoms with Gasteiger partial charge in [-0.1, -0.05) is 27.2 Å². The van der Waals surface area contributed by atoms with Crippen LogP contribution in [0.25, 0.3) is 11.2 Å². The Morgan fingerprint density at radius 1 is 1.26 bits per heavy atom. The van der Waals surface area contributed by atoms with Gasteiger partial charge in [-0.2, -0.15) is 8.42 Å². The van der Waals surface area contributed by atoms with Gasteiger partial charge in [-0.05, 0) is 12.8 Å². The van der Waals surface area contributed by atoms with Crippen LogP contribution in [0.1, 0.15) is 39.1 Å². The van der Waals surface area contributed by atoms with Crippen molar-refractivity contribution in [3.8, 4) is 0 Å². The Kier molecular flexibility index (Phi) is 7.06. The van der Waals surface area contributed by atoms with E-state index in [9.17, 15) is 23.4 Å². The lowest BCUT2D eigenvalue weighted by atomic mass is 9.91. The molecule has 12 heteroatoms. The van der Waals surface area contributed by atoms with Crippen molar-refractivity contribution < 1.29 is 32.3 Å². The molecule has 0 bridgehead atoms. The molecular formula is C19H28N4O7S. The van der Waals surface area contributed by atoms with Gasteiger partial charge < -0.3 is 14.9 Å². The minimum Gasteiger partial charge on any atom is -0.387 e. The number of aryl methyl sites for hydroxylation is 1.